The normalized spacial score (nSPS) is 18.3. The van der Waals surface area contributed by atoms with E-state index in [0.717, 1.165) is 23.4 Å². The number of para-hydroxylation sites is 1. The number of esters is 1. The lowest BCUT2D eigenvalue weighted by molar-refractivity contribution is -0.136. The van der Waals surface area contributed by atoms with Crippen molar-refractivity contribution in [2.45, 2.75) is 32.1 Å². The van der Waals surface area contributed by atoms with E-state index in [0.29, 0.717) is 24.2 Å². The fraction of sp³-hybridized carbons (Fsp3) is 0.250. The molecule has 5 nitrogen and oxygen atoms in total. The smallest absolute Gasteiger partial charge is 0.335 e. The van der Waals surface area contributed by atoms with Crippen LogP contribution in [0.5, 0.6) is 5.75 Å². The highest BCUT2D eigenvalue weighted by molar-refractivity contribution is 6.01. The molecular weight excluding hydrogens is 366 g/mol. The van der Waals surface area contributed by atoms with Gasteiger partial charge in [0.05, 0.1) is 12.7 Å². The first-order valence-electron chi connectivity index (χ1n) is 9.58. The number of carbonyl (C=O) groups excluding carboxylic acids is 2. The number of ether oxygens (including phenoxy) is 1. The predicted molar refractivity (Wildman–Crippen MR) is 111 cm³/mol. The molecule has 2 aromatic carbocycles. The summed E-state index contributed by atoms with van der Waals surface area (Å²) in [5, 5.41) is 11.9. The third kappa shape index (κ3) is 4.93. The SMILES string of the molecule is COC(=O)C1=C(C)NC2=C(C1)C(=O)C[C@H](c1ccccc1)C2.Oc1ccccc1. The van der Waals surface area contributed by atoms with Crippen LogP contribution in [0.4, 0.5) is 0 Å². The number of phenols is 1. The van der Waals surface area contributed by atoms with E-state index in [1.165, 1.54) is 12.7 Å². The van der Waals surface area contributed by atoms with Crippen LogP contribution in [0.3, 0.4) is 0 Å². The molecule has 0 amide bonds. The largest absolute Gasteiger partial charge is 0.508 e. The van der Waals surface area contributed by atoms with E-state index in [-0.39, 0.29) is 17.7 Å². The lowest BCUT2D eigenvalue weighted by Crippen LogP contribution is -2.31. The van der Waals surface area contributed by atoms with Gasteiger partial charge in [-0.25, -0.2) is 4.79 Å². The molecule has 0 saturated heterocycles. The van der Waals surface area contributed by atoms with E-state index in [2.05, 4.69) is 17.4 Å². The number of rotatable bonds is 2. The molecule has 150 valence electrons. The van der Waals surface area contributed by atoms with Gasteiger partial charge in [0.2, 0.25) is 0 Å². The minimum Gasteiger partial charge on any atom is -0.508 e. The number of nitrogens with one attached hydrogen (secondary N) is 1. The van der Waals surface area contributed by atoms with Crippen molar-refractivity contribution in [2.24, 2.45) is 0 Å². The van der Waals surface area contributed by atoms with Crippen LogP contribution in [0.1, 0.15) is 37.7 Å². The second kappa shape index (κ2) is 9.24. The number of phenolic OH excluding ortho intramolecular Hbond substituents is 1. The molecular formula is C24H25NO4. The molecule has 0 unspecified atom stereocenters. The van der Waals surface area contributed by atoms with Gasteiger partial charge in [-0.05, 0) is 37.0 Å². The molecule has 0 saturated carbocycles. The van der Waals surface area contributed by atoms with Gasteiger partial charge in [0, 0.05) is 29.8 Å². The first kappa shape index (κ1) is 20.4. The van der Waals surface area contributed by atoms with E-state index >= 15 is 0 Å². The van der Waals surface area contributed by atoms with Gasteiger partial charge in [0.15, 0.2) is 5.78 Å². The van der Waals surface area contributed by atoms with Gasteiger partial charge in [0.1, 0.15) is 5.75 Å². The quantitative estimate of drug-likeness (QED) is 0.750. The summed E-state index contributed by atoms with van der Waals surface area (Å²) in [4.78, 5) is 24.3. The first-order valence-corrected chi connectivity index (χ1v) is 9.58. The Morgan fingerprint density at radius 1 is 1.03 bits per heavy atom. The Morgan fingerprint density at radius 2 is 1.66 bits per heavy atom. The second-order valence-corrected chi connectivity index (χ2v) is 7.13. The lowest BCUT2D eigenvalue weighted by atomic mass is 9.78. The van der Waals surface area contributed by atoms with Crippen LogP contribution in [-0.4, -0.2) is 24.0 Å². The van der Waals surface area contributed by atoms with Crippen molar-refractivity contribution in [3.8, 4) is 5.75 Å². The fourth-order valence-corrected chi connectivity index (χ4v) is 3.64. The van der Waals surface area contributed by atoms with Gasteiger partial charge >= 0.3 is 5.97 Å². The monoisotopic (exact) mass is 391 g/mol. The van der Waals surface area contributed by atoms with E-state index in [1.54, 1.807) is 24.3 Å². The van der Waals surface area contributed by atoms with E-state index in [1.807, 2.05) is 31.2 Å². The number of hydrogen-bond donors (Lipinski definition) is 2. The van der Waals surface area contributed by atoms with E-state index < -0.39 is 0 Å². The number of carbonyl (C=O) groups is 2. The number of benzene rings is 2. The summed E-state index contributed by atoms with van der Waals surface area (Å²) in [7, 11) is 1.36. The molecule has 1 heterocycles. The Bertz CT molecular complexity index is 945. The van der Waals surface area contributed by atoms with Crippen molar-refractivity contribution in [1.29, 1.82) is 0 Å². The van der Waals surface area contributed by atoms with Crippen LogP contribution >= 0.6 is 0 Å². The van der Waals surface area contributed by atoms with Crippen molar-refractivity contribution in [2.75, 3.05) is 7.11 Å². The van der Waals surface area contributed by atoms with Crippen LogP contribution in [0.2, 0.25) is 0 Å². The van der Waals surface area contributed by atoms with E-state index in [4.69, 9.17) is 9.84 Å². The Kier molecular flexibility index (Phi) is 6.50. The molecule has 1 atom stereocenters. The third-order valence-electron chi connectivity index (χ3n) is 5.19. The Balaban J connectivity index is 0.000000290. The minimum atomic E-state index is -0.366. The van der Waals surface area contributed by atoms with Crippen molar-refractivity contribution >= 4 is 11.8 Å². The predicted octanol–water partition coefficient (Wildman–Crippen LogP) is 4.22. The number of methoxy groups -OCH3 is 1. The minimum absolute atomic E-state index is 0.122. The zero-order valence-corrected chi connectivity index (χ0v) is 16.6. The van der Waals surface area contributed by atoms with Crippen molar-refractivity contribution < 1.29 is 19.4 Å². The molecule has 5 heteroatoms. The van der Waals surface area contributed by atoms with Gasteiger partial charge in [-0.15, -0.1) is 0 Å². The Hall–Kier alpha value is -3.34. The summed E-state index contributed by atoms with van der Waals surface area (Å²) in [6.45, 7) is 1.85. The van der Waals surface area contributed by atoms with Crippen molar-refractivity contribution in [1.82, 2.24) is 5.32 Å². The summed E-state index contributed by atoms with van der Waals surface area (Å²) in [5.74, 6) is 0.279. The molecule has 0 spiro atoms. The number of ketones is 1. The maximum absolute atomic E-state index is 12.5. The summed E-state index contributed by atoms with van der Waals surface area (Å²) in [6.07, 6.45) is 1.68. The molecule has 0 fully saturated rings. The highest BCUT2D eigenvalue weighted by Crippen LogP contribution is 2.38. The first-order chi connectivity index (χ1) is 14.0. The van der Waals surface area contributed by atoms with Crippen molar-refractivity contribution in [3.05, 3.63) is 88.8 Å². The van der Waals surface area contributed by atoms with Crippen LogP contribution in [0.25, 0.3) is 0 Å². The third-order valence-corrected chi connectivity index (χ3v) is 5.19. The molecule has 1 aliphatic heterocycles. The van der Waals surface area contributed by atoms with Crippen LogP contribution < -0.4 is 5.32 Å². The standard InChI is InChI=1S/C18H19NO3.C6H6O/c1-11-14(18(21)22-2)10-15-16(19-11)8-13(9-17(15)20)12-6-4-3-5-7-12;7-6-4-2-1-3-5-6/h3-7,13,19H,8-10H2,1-2H3;1-5,7H/t13-;/m1./s1. The number of aromatic hydroxyl groups is 1. The zero-order valence-electron chi connectivity index (χ0n) is 16.6. The van der Waals surface area contributed by atoms with Gasteiger partial charge < -0.3 is 15.2 Å². The van der Waals surface area contributed by atoms with Crippen LogP contribution in [0.15, 0.2) is 83.2 Å². The summed E-state index contributed by atoms with van der Waals surface area (Å²) in [6, 6.07) is 18.8. The highest BCUT2D eigenvalue weighted by Gasteiger charge is 2.33. The Morgan fingerprint density at radius 3 is 2.21 bits per heavy atom. The van der Waals surface area contributed by atoms with Crippen LogP contribution in [0, 0.1) is 0 Å². The molecule has 2 aliphatic rings. The summed E-state index contributed by atoms with van der Waals surface area (Å²) in [5.41, 5.74) is 4.21. The maximum atomic E-state index is 12.5. The van der Waals surface area contributed by atoms with Gasteiger partial charge in [-0.3, -0.25) is 4.79 Å². The maximum Gasteiger partial charge on any atom is 0.335 e. The number of dihydropyridines is 1. The molecule has 29 heavy (non-hydrogen) atoms. The van der Waals surface area contributed by atoms with Crippen molar-refractivity contribution in [3.63, 3.8) is 0 Å². The molecule has 0 aromatic heterocycles. The molecule has 2 N–H and O–H groups in total. The van der Waals surface area contributed by atoms with Gasteiger partial charge in [0.25, 0.3) is 0 Å². The summed E-state index contributed by atoms with van der Waals surface area (Å²) >= 11 is 0. The lowest BCUT2D eigenvalue weighted by Gasteiger charge is -2.31. The summed E-state index contributed by atoms with van der Waals surface area (Å²) < 4.78 is 4.79. The molecule has 4 rings (SSSR count). The number of Topliss-reactive ketones (excluding diaryl/α,β-unsaturated/α-hetero) is 1. The average molecular weight is 391 g/mol. The zero-order chi connectivity index (χ0) is 20.8. The molecule has 0 radical (unpaired) electrons. The molecule has 0 bridgehead atoms. The highest BCUT2D eigenvalue weighted by atomic mass is 16.5. The topological polar surface area (TPSA) is 75.6 Å². The average Bonchev–Trinajstić information content (AvgIpc) is 2.74. The number of allylic oxidation sites excluding steroid dienone is 3. The Labute approximate surface area is 170 Å². The van der Waals surface area contributed by atoms with Gasteiger partial charge in [-0.1, -0.05) is 48.5 Å². The fourth-order valence-electron chi connectivity index (χ4n) is 3.64. The van der Waals surface area contributed by atoms with Gasteiger partial charge in [-0.2, -0.15) is 0 Å². The van der Waals surface area contributed by atoms with E-state index in [9.17, 15) is 9.59 Å². The number of hydrogen-bond acceptors (Lipinski definition) is 5. The molecule has 2 aromatic rings. The molecule has 1 aliphatic carbocycles. The second-order valence-electron chi connectivity index (χ2n) is 7.13. The van der Waals surface area contributed by atoms with Crippen LogP contribution in [-0.2, 0) is 14.3 Å².